The molecule has 4 heteroatoms. The van der Waals surface area contributed by atoms with Gasteiger partial charge in [-0.1, -0.05) is 31.9 Å². The van der Waals surface area contributed by atoms with Crippen molar-refractivity contribution >= 4 is 43.2 Å². The number of halogens is 2. The Balaban J connectivity index is 2.41. The second-order valence-electron chi connectivity index (χ2n) is 3.48. The van der Waals surface area contributed by atoms with Crippen LogP contribution in [0.2, 0.25) is 0 Å². The topological polar surface area (TPSA) is 12.0 Å². The first-order valence-corrected chi connectivity index (χ1v) is 7.39. The molecule has 1 N–H and O–H groups in total. The van der Waals surface area contributed by atoms with Gasteiger partial charge in [0, 0.05) is 8.95 Å². The molecule has 0 spiro atoms. The van der Waals surface area contributed by atoms with Gasteiger partial charge in [-0.05, 0) is 53.2 Å². The van der Waals surface area contributed by atoms with E-state index in [0.717, 1.165) is 8.95 Å². The Hall–Kier alpha value is -0.160. The van der Waals surface area contributed by atoms with Crippen molar-refractivity contribution in [3.63, 3.8) is 0 Å². The van der Waals surface area contributed by atoms with Crippen molar-refractivity contribution in [3.05, 3.63) is 55.1 Å². The number of hydrogen-bond donors (Lipinski definition) is 1. The molecule has 0 amide bonds. The van der Waals surface area contributed by atoms with Crippen LogP contribution in [-0.4, -0.2) is 7.05 Å². The fraction of sp³-hybridized carbons (Fsp3) is 0.167. The average molecular weight is 361 g/mol. The molecular weight excluding hydrogens is 350 g/mol. The highest BCUT2D eigenvalue weighted by atomic mass is 79.9. The highest BCUT2D eigenvalue weighted by molar-refractivity contribution is 9.11. The number of nitrogens with one attached hydrogen (secondary N) is 1. The summed E-state index contributed by atoms with van der Waals surface area (Å²) in [6, 6.07) is 8.73. The lowest BCUT2D eigenvalue weighted by Crippen LogP contribution is -2.16. The van der Waals surface area contributed by atoms with Crippen LogP contribution in [0.1, 0.15) is 17.2 Å². The molecule has 0 fully saturated rings. The molecule has 2 aromatic rings. The fourth-order valence-electron chi connectivity index (χ4n) is 1.71. The third kappa shape index (κ3) is 2.74. The maximum absolute atomic E-state index is 3.52. The van der Waals surface area contributed by atoms with E-state index < -0.39 is 0 Å². The van der Waals surface area contributed by atoms with E-state index in [0.29, 0.717) is 0 Å². The van der Waals surface area contributed by atoms with Crippen molar-refractivity contribution < 1.29 is 0 Å². The molecule has 1 aromatic carbocycles. The molecule has 0 saturated carbocycles. The number of rotatable bonds is 3. The van der Waals surface area contributed by atoms with Crippen molar-refractivity contribution in [3.8, 4) is 0 Å². The quantitative estimate of drug-likeness (QED) is 0.844. The van der Waals surface area contributed by atoms with Crippen LogP contribution < -0.4 is 5.32 Å². The predicted molar refractivity (Wildman–Crippen MR) is 77.1 cm³/mol. The summed E-state index contributed by atoms with van der Waals surface area (Å²) in [6.07, 6.45) is 0. The molecular formula is C12H11Br2NS. The van der Waals surface area contributed by atoms with Crippen molar-refractivity contribution in [1.82, 2.24) is 5.32 Å². The highest BCUT2D eigenvalue weighted by Crippen LogP contribution is 2.28. The highest BCUT2D eigenvalue weighted by Gasteiger charge is 2.13. The zero-order chi connectivity index (χ0) is 11.5. The lowest BCUT2D eigenvalue weighted by molar-refractivity contribution is 0.693. The minimum absolute atomic E-state index is 0.250. The largest absolute Gasteiger partial charge is 0.309 e. The Labute approximate surface area is 116 Å². The van der Waals surface area contributed by atoms with Gasteiger partial charge >= 0.3 is 0 Å². The summed E-state index contributed by atoms with van der Waals surface area (Å²) in [5.41, 5.74) is 2.56. The van der Waals surface area contributed by atoms with Gasteiger partial charge in [-0.3, -0.25) is 0 Å². The van der Waals surface area contributed by atoms with Crippen LogP contribution in [0.3, 0.4) is 0 Å². The van der Waals surface area contributed by atoms with Gasteiger partial charge in [-0.2, -0.15) is 11.3 Å². The molecule has 16 heavy (non-hydrogen) atoms. The molecule has 0 aliphatic carbocycles. The molecule has 1 aromatic heterocycles. The van der Waals surface area contributed by atoms with Gasteiger partial charge in [-0.25, -0.2) is 0 Å². The first-order chi connectivity index (χ1) is 7.70. The summed E-state index contributed by atoms with van der Waals surface area (Å²) in [5, 5.41) is 7.62. The Morgan fingerprint density at radius 3 is 2.31 bits per heavy atom. The van der Waals surface area contributed by atoms with Crippen LogP contribution in [0.5, 0.6) is 0 Å². The Morgan fingerprint density at radius 1 is 1.12 bits per heavy atom. The molecule has 2 rings (SSSR count). The molecule has 0 aliphatic rings. The third-order valence-electron chi connectivity index (χ3n) is 2.38. The summed E-state index contributed by atoms with van der Waals surface area (Å²) in [7, 11) is 1.98. The summed E-state index contributed by atoms with van der Waals surface area (Å²) >= 11 is 8.76. The van der Waals surface area contributed by atoms with Gasteiger partial charge < -0.3 is 5.32 Å². The summed E-state index contributed by atoms with van der Waals surface area (Å²) in [5.74, 6) is 0. The van der Waals surface area contributed by atoms with E-state index in [1.807, 2.05) is 13.1 Å². The van der Waals surface area contributed by atoms with Crippen LogP contribution in [0.15, 0.2) is 44.0 Å². The Morgan fingerprint density at radius 2 is 1.81 bits per heavy atom. The second kappa shape index (κ2) is 5.45. The van der Waals surface area contributed by atoms with E-state index in [2.05, 4.69) is 66.1 Å². The van der Waals surface area contributed by atoms with E-state index in [9.17, 15) is 0 Å². The summed E-state index contributed by atoms with van der Waals surface area (Å²) in [4.78, 5) is 0. The smallest absolute Gasteiger partial charge is 0.0583 e. The van der Waals surface area contributed by atoms with Crippen LogP contribution in [0.25, 0.3) is 0 Å². The monoisotopic (exact) mass is 359 g/mol. The van der Waals surface area contributed by atoms with Crippen molar-refractivity contribution in [2.24, 2.45) is 0 Å². The zero-order valence-electron chi connectivity index (χ0n) is 8.71. The van der Waals surface area contributed by atoms with E-state index in [1.54, 1.807) is 11.3 Å². The van der Waals surface area contributed by atoms with Crippen molar-refractivity contribution in [2.45, 2.75) is 6.04 Å². The molecule has 1 unspecified atom stereocenters. The molecule has 0 radical (unpaired) electrons. The van der Waals surface area contributed by atoms with Crippen LogP contribution in [-0.2, 0) is 0 Å². The molecule has 84 valence electrons. The van der Waals surface area contributed by atoms with E-state index in [-0.39, 0.29) is 6.04 Å². The van der Waals surface area contributed by atoms with Crippen molar-refractivity contribution in [2.75, 3.05) is 7.05 Å². The van der Waals surface area contributed by atoms with Crippen molar-refractivity contribution in [1.29, 1.82) is 0 Å². The molecule has 0 saturated heterocycles. The van der Waals surface area contributed by atoms with E-state index >= 15 is 0 Å². The summed E-state index contributed by atoms with van der Waals surface area (Å²) < 4.78 is 2.18. The third-order valence-corrected chi connectivity index (χ3v) is 4.00. The van der Waals surface area contributed by atoms with Gasteiger partial charge in [-0.15, -0.1) is 0 Å². The maximum Gasteiger partial charge on any atom is 0.0583 e. The number of thiophene rings is 1. The Bertz CT molecular complexity index is 448. The zero-order valence-corrected chi connectivity index (χ0v) is 12.7. The second-order valence-corrected chi connectivity index (χ2v) is 6.09. The lowest BCUT2D eigenvalue weighted by Gasteiger charge is -2.16. The fourth-order valence-corrected chi connectivity index (χ4v) is 3.72. The van der Waals surface area contributed by atoms with Gasteiger partial charge in [0.05, 0.1) is 6.04 Å². The first-order valence-electron chi connectivity index (χ1n) is 4.86. The van der Waals surface area contributed by atoms with Crippen LogP contribution >= 0.6 is 43.2 Å². The van der Waals surface area contributed by atoms with Gasteiger partial charge in [0.15, 0.2) is 0 Å². The Kier molecular flexibility index (Phi) is 4.19. The normalized spacial score (nSPS) is 12.7. The minimum atomic E-state index is 0.250. The van der Waals surface area contributed by atoms with Crippen LogP contribution in [0.4, 0.5) is 0 Å². The number of benzene rings is 1. The molecule has 1 nitrogen and oxygen atoms in total. The minimum Gasteiger partial charge on any atom is -0.309 e. The average Bonchev–Trinajstić information content (AvgIpc) is 2.70. The maximum atomic E-state index is 3.52. The van der Waals surface area contributed by atoms with E-state index in [1.165, 1.54) is 11.1 Å². The number of hydrogen-bond acceptors (Lipinski definition) is 2. The summed E-state index contributed by atoms with van der Waals surface area (Å²) in [6.45, 7) is 0. The van der Waals surface area contributed by atoms with Gasteiger partial charge in [0.1, 0.15) is 0 Å². The molecule has 1 atom stereocenters. The standard InChI is InChI=1S/C12H11Br2NS/c1-15-12(8-2-3-16-7-8)9-4-10(13)6-11(14)5-9/h2-7,12,15H,1H3. The molecule has 1 heterocycles. The molecule has 0 aliphatic heterocycles. The predicted octanol–water partition coefficient (Wildman–Crippen LogP) is 4.58. The van der Waals surface area contributed by atoms with Gasteiger partial charge in [0.2, 0.25) is 0 Å². The SMILES string of the molecule is CNC(c1ccsc1)c1cc(Br)cc(Br)c1. The van der Waals surface area contributed by atoms with E-state index in [4.69, 9.17) is 0 Å². The van der Waals surface area contributed by atoms with Gasteiger partial charge in [0.25, 0.3) is 0 Å². The molecule has 0 bridgehead atoms. The first kappa shape index (κ1) is 12.3. The lowest BCUT2D eigenvalue weighted by atomic mass is 10.0. The van der Waals surface area contributed by atoms with Crippen LogP contribution in [0, 0.1) is 0 Å².